The van der Waals surface area contributed by atoms with Crippen molar-refractivity contribution in [3.63, 3.8) is 0 Å². The molecular weight excluding hydrogens is 430 g/mol. The number of hydrogen-bond acceptors (Lipinski definition) is 8. The molecule has 32 heavy (non-hydrogen) atoms. The molecule has 0 spiro atoms. The van der Waals surface area contributed by atoms with Gasteiger partial charge in [-0.05, 0) is 17.9 Å². The van der Waals surface area contributed by atoms with Crippen molar-refractivity contribution >= 4 is 34.4 Å². The van der Waals surface area contributed by atoms with Gasteiger partial charge >= 0.3 is 0 Å². The maximum Gasteiger partial charge on any atom is 0.278 e. The van der Waals surface area contributed by atoms with Crippen LogP contribution in [0.15, 0.2) is 41.4 Å². The molecule has 0 unspecified atom stereocenters. The standard InChI is InChI=1S/C23H27N3O5S/c1-29-17-13-16(14-18(15-17)30-2)24-21-20(19-5-3-12-32-19)22(27)26(23(21)28)7-4-6-25-8-10-31-11-9-25/h3,5,12-15,24H,4,6-11H2,1-2H3. The van der Waals surface area contributed by atoms with Gasteiger partial charge in [-0.1, -0.05) is 6.07 Å². The molecule has 1 saturated heterocycles. The Morgan fingerprint density at radius 3 is 2.38 bits per heavy atom. The van der Waals surface area contributed by atoms with Crippen molar-refractivity contribution in [2.75, 3.05) is 58.9 Å². The molecule has 1 fully saturated rings. The van der Waals surface area contributed by atoms with E-state index in [9.17, 15) is 9.59 Å². The van der Waals surface area contributed by atoms with E-state index in [-0.39, 0.29) is 17.5 Å². The van der Waals surface area contributed by atoms with Crippen LogP contribution in [-0.4, -0.2) is 75.2 Å². The minimum absolute atomic E-state index is 0.267. The minimum atomic E-state index is -0.317. The van der Waals surface area contributed by atoms with Gasteiger partial charge in [0.05, 0.1) is 33.0 Å². The molecule has 9 heteroatoms. The third-order valence-corrected chi connectivity index (χ3v) is 6.40. The van der Waals surface area contributed by atoms with E-state index < -0.39 is 0 Å². The molecule has 0 aliphatic carbocycles. The molecule has 0 bridgehead atoms. The quantitative estimate of drug-likeness (QED) is 0.580. The first kappa shape index (κ1) is 22.3. The Labute approximate surface area is 191 Å². The Kier molecular flexibility index (Phi) is 7.09. The Bertz CT molecular complexity index is 977. The van der Waals surface area contributed by atoms with E-state index in [0.29, 0.717) is 29.3 Å². The van der Waals surface area contributed by atoms with Crippen molar-refractivity contribution in [3.05, 3.63) is 46.3 Å². The lowest BCUT2D eigenvalue weighted by atomic mass is 10.1. The highest BCUT2D eigenvalue weighted by Crippen LogP contribution is 2.34. The average Bonchev–Trinajstić information content (AvgIpc) is 3.42. The van der Waals surface area contributed by atoms with Gasteiger partial charge in [0.1, 0.15) is 17.2 Å². The fourth-order valence-corrected chi connectivity index (χ4v) is 4.61. The monoisotopic (exact) mass is 457 g/mol. The highest BCUT2D eigenvalue weighted by atomic mass is 32.1. The number of methoxy groups -OCH3 is 2. The highest BCUT2D eigenvalue weighted by molar-refractivity contribution is 7.11. The van der Waals surface area contributed by atoms with Crippen LogP contribution in [-0.2, 0) is 14.3 Å². The molecule has 170 valence electrons. The van der Waals surface area contributed by atoms with Crippen molar-refractivity contribution in [1.82, 2.24) is 9.80 Å². The van der Waals surface area contributed by atoms with Gasteiger partial charge in [-0.15, -0.1) is 11.3 Å². The number of anilines is 1. The molecule has 0 atom stereocenters. The molecule has 0 saturated carbocycles. The van der Waals surface area contributed by atoms with Crippen LogP contribution in [0.1, 0.15) is 11.3 Å². The molecule has 2 aliphatic heterocycles. The Hall–Kier alpha value is -2.88. The van der Waals surface area contributed by atoms with Gasteiger partial charge in [0.15, 0.2) is 0 Å². The second-order valence-corrected chi connectivity index (χ2v) is 8.47. The summed E-state index contributed by atoms with van der Waals surface area (Å²) in [6.07, 6.45) is 0.718. The Morgan fingerprint density at radius 1 is 1.03 bits per heavy atom. The number of benzene rings is 1. The number of hydrogen-bond donors (Lipinski definition) is 1. The van der Waals surface area contributed by atoms with E-state index in [1.54, 1.807) is 32.4 Å². The Morgan fingerprint density at radius 2 is 1.75 bits per heavy atom. The van der Waals surface area contributed by atoms with Gasteiger partial charge in [-0.25, -0.2) is 0 Å². The van der Waals surface area contributed by atoms with Gasteiger partial charge in [0.2, 0.25) is 0 Å². The molecular formula is C23H27N3O5S. The third kappa shape index (κ3) is 4.79. The predicted octanol–water partition coefficient (Wildman–Crippen LogP) is 2.68. The summed E-state index contributed by atoms with van der Waals surface area (Å²) < 4.78 is 16.0. The zero-order chi connectivity index (χ0) is 22.5. The summed E-state index contributed by atoms with van der Waals surface area (Å²) in [7, 11) is 3.13. The van der Waals surface area contributed by atoms with Crippen LogP contribution >= 0.6 is 11.3 Å². The third-order valence-electron chi connectivity index (χ3n) is 5.52. The molecule has 2 amide bonds. The lowest BCUT2D eigenvalue weighted by Crippen LogP contribution is -2.39. The van der Waals surface area contributed by atoms with E-state index >= 15 is 0 Å². The largest absolute Gasteiger partial charge is 0.497 e. The summed E-state index contributed by atoms with van der Waals surface area (Å²) in [5.41, 5.74) is 1.29. The molecule has 3 heterocycles. The molecule has 1 aromatic heterocycles. The van der Waals surface area contributed by atoms with E-state index in [0.717, 1.165) is 44.1 Å². The lowest BCUT2D eigenvalue weighted by Gasteiger charge is -2.27. The topological polar surface area (TPSA) is 80.3 Å². The minimum Gasteiger partial charge on any atom is -0.497 e. The molecule has 8 nitrogen and oxygen atoms in total. The van der Waals surface area contributed by atoms with Crippen molar-refractivity contribution < 1.29 is 23.8 Å². The first-order chi connectivity index (χ1) is 15.6. The summed E-state index contributed by atoms with van der Waals surface area (Å²) in [6, 6.07) is 9.01. The van der Waals surface area contributed by atoms with Crippen LogP contribution in [0.3, 0.4) is 0 Å². The maximum absolute atomic E-state index is 13.3. The van der Waals surface area contributed by atoms with E-state index in [2.05, 4.69) is 10.2 Å². The molecule has 4 rings (SSSR count). The number of thiophene rings is 1. The number of nitrogens with zero attached hydrogens (tertiary/aromatic N) is 2. The van der Waals surface area contributed by atoms with Crippen molar-refractivity contribution in [3.8, 4) is 11.5 Å². The van der Waals surface area contributed by atoms with E-state index in [1.165, 1.54) is 16.2 Å². The number of ether oxygens (including phenoxy) is 3. The van der Waals surface area contributed by atoms with Crippen LogP contribution in [0.5, 0.6) is 11.5 Å². The van der Waals surface area contributed by atoms with Crippen LogP contribution in [0.2, 0.25) is 0 Å². The highest BCUT2D eigenvalue weighted by Gasteiger charge is 2.39. The van der Waals surface area contributed by atoms with Crippen LogP contribution in [0, 0.1) is 0 Å². The smallest absolute Gasteiger partial charge is 0.278 e. The van der Waals surface area contributed by atoms with E-state index in [4.69, 9.17) is 14.2 Å². The van der Waals surface area contributed by atoms with Crippen LogP contribution < -0.4 is 14.8 Å². The number of morpholine rings is 1. The second kappa shape index (κ2) is 10.2. The number of amides is 2. The lowest BCUT2D eigenvalue weighted by molar-refractivity contribution is -0.136. The normalized spacial score (nSPS) is 17.2. The SMILES string of the molecule is COc1cc(NC2=C(c3cccs3)C(=O)N(CCCN3CCOCC3)C2=O)cc(OC)c1. The first-order valence-corrected chi connectivity index (χ1v) is 11.4. The fourth-order valence-electron chi connectivity index (χ4n) is 3.85. The molecule has 2 aliphatic rings. The second-order valence-electron chi connectivity index (χ2n) is 7.52. The number of carbonyl (C=O) groups excluding carboxylic acids is 2. The number of carbonyl (C=O) groups is 2. The van der Waals surface area contributed by atoms with Gasteiger partial charge in [0.25, 0.3) is 11.8 Å². The molecule has 0 radical (unpaired) electrons. The molecule has 1 aromatic carbocycles. The summed E-state index contributed by atoms with van der Waals surface area (Å²) >= 11 is 1.44. The number of nitrogens with one attached hydrogen (secondary N) is 1. The summed E-state index contributed by atoms with van der Waals surface area (Å²) in [5.74, 6) is 0.590. The van der Waals surface area contributed by atoms with Crippen molar-refractivity contribution in [2.24, 2.45) is 0 Å². The molecule has 2 aromatic rings. The van der Waals surface area contributed by atoms with Crippen molar-refractivity contribution in [1.29, 1.82) is 0 Å². The van der Waals surface area contributed by atoms with Crippen LogP contribution in [0.4, 0.5) is 5.69 Å². The first-order valence-electron chi connectivity index (χ1n) is 10.5. The van der Waals surface area contributed by atoms with Gasteiger partial charge in [-0.3, -0.25) is 19.4 Å². The van der Waals surface area contributed by atoms with E-state index in [1.807, 2.05) is 17.5 Å². The number of imide groups is 1. The molecule has 1 N–H and O–H groups in total. The zero-order valence-electron chi connectivity index (χ0n) is 18.3. The summed E-state index contributed by atoms with van der Waals surface area (Å²) in [4.78, 5) is 31.0. The maximum atomic E-state index is 13.3. The number of rotatable bonds is 9. The summed E-state index contributed by atoms with van der Waals surface area (Å²) in [5, 5.41) is 5.06. The van der Waals surface area contributed by atoms with Gasteiger partial charge in [-0.2, -0.15) is 0 Å². The van der Waals surface area contributed by atoms with Gasteiger partial charge < -0.3 is 19.5 Å². The van der Waals surface area contributed by atoms with Gasteiger partial charge in [0, 0.05) is 54.9 Å². The predicted molar refractivity (Wildman–Crippen MR) is 123 cm³/mol. The van der Waals surface area contributed by atoms with Crippen molar-refractivity contribution in [2.45, 2.75) is 6.42 Å². The fraction of sp³-hybridized carbons (Fsp3) is 0.391. The zero-order valence-corrected chi connectivity index (χ0v) is 19.1. The van der Waals surface area contributed by atoms with Crippen LogP contribution in [0.25, 0.3) is 5.57 Å². The average molecular weight is 458 g/mol. The Balaban J connectivity index is 1.55. The summed E-state index contributed by atoms with van der Waals surface area (Å²) in [6.45, 7) is 4.41.